The van der Waals surface area contributed by atoms with Crippen molar-refractivity contribution in [3.05, 3.63) is 168 Å². The van der Waals surface area contributed by atoms with E-state index in [0.29, 0.717) is 24.7 Å². The Hall–Kier alpha value is -4.64. The number of hydrogen-bond acceptors (Lipinski definition) is 4. The van der Waals surface area contributed by atoms with Gasteiger partial charge in [0, 0.05) is 28.0 Å². The average molecular weight is 663 g/mol. The van der Waals surface area contributed by atoms with Crippen LogP contribution < -0.4 is 9.47 Å². The summed E-state index contributed by atoms with van der Waals surface area (Å²) in [5.74, 6) is 2.98. The molecular formula is C44H38O2S2. The molecule has 0 aromatic heterocycles. The lowest BCUT2D eigenvalue weighted by molar-refractivity contribution is 0.345. The zero-order chi connectivity index (χ0) is 32.9. The van der Waals surface area contributed by atoms with Crippen LogP contribution in [0.15, 0.2) is 152 Å². The molecule has 7 aromatic carbocycles. The minimum Gasteiger partial charge on any atom is -0.492 e. The molecule has 238 valence electrons. The third-order valence-corrected chi connectivity index (χ3v) is 9.65. The van der Waals surface area contributed by atoms with Crippen LogP contribution in [0, 0.1) is 0 Å². The number of ether oxygens (including phenoxy) is 2. The molecule has 7 rings (SSSR count). The summed E-state index contributed by atoms with van der Waals surface area (Å²) in [6.45, 7) is 3.38. The average Bonchev–Trinajstić information content (AvgIpc) is 3.15. The van der Waals surface area contributed by atoms with Gasteiger partial charge in [-0.3, -0.25) is 0 Å². The van der Waals surface area contributed by atoms with Gasteiger partial charge in [0.2, 0.25) is 0 Å². The summed E-state index contributed by atoms with van der Waals surface area (Å²) in [4.78, 5) is 0. The van der Waals surface area contributed by atoms with Crippen LogP contribution in [0.5, 0.6) is 11.5 Å². The van der Waals surface area contributed by atoms with Gasteiger partial charge in [-0.05, 0) is 92.7 Å². The highest BCUT2D eigenvalue weighted by atomic mass is 32.1. The van der Waals surface area contributed by atoms with Gasteiger partial charge in [0.05, 0.1) is 13.2 Å². The zero-order valence-corrected chi connectivity index (χ0v) is 28.8. The van der Waals surface area contributed by atoms with E-state index in [2.05, 4.69) is 184 Å². The van der Waals surface area contributed by atoms with Crippen molar-refractivity contribution < 1.29 is 9.47 Å². The number of rotatable bonds is 11. The summed E-state index contributed by atoms with van der Waals surface area (Å²) in [5.41, 5.74) is 7.40. The fraction of sp³-hybridized carbons (Fsp3) is 0.136. The SMILES string of the molecule is CC(c1ccccc1)(c1ccc(OCCS)c(-c2ccc3ccccc3c2)c1)c1ccc(OCCS)c(-c2ccc3ccccc3c2)c1. The Labute approximate surface area is 294 Å². The van der Waals surface area contributed by atoms with E-state index in [9.17, 15) is 0 Å². The molecule has 0 heterocycles. The molecule has 0 saturated heterocycles. The van der Waals surface area contributed by atoms with Gasteiger partial charge < -0.3 is 9.47 Å². The van der Waals surface area contributed by atoms with E-state index in [-0.39, 0.29) is 0 Å². The fourth-order valence-electron chi connectivity index (χ4n) is 6.68. The normalized spacial score (nSPS) is 11.6. The Morgan fingerprint density at radius 3 is 1.33 bits per heavy atom. The van der Waals surface area contributed by atoms with Gasteiger partial charge in [0.25, 0.3) is 0 Å². The molecule has 0 unspecified atom stereocenters. The number of fused-ring (bicyclic) bond motifs is 2. The molecule has 0 fully saturated rings. The molecule has 48 heavy (non-hydrogen) atoms. The molecule has 0 aliphatic heterocycles. The number of benzene rings is 7. The van der Waals surface area contributed by atoms with E-state index < -0.39 is 5.41 Å². The molecule has 4 heteroatoms. The summed E-state index contributed by atoms with van der Waals surface area (Å²) in [7, 11) is 0. The molecule has 0 saturated carbocycles. The van der Waals surface area contributed by atoms with Gasteiger partial charge in [0.15, 0.2) is 0 Å². The van der Waals surface area contributed by atoms with Gasteiger partial charge in [-0.1, -0.05) is 115 Å². The molecule has 0 N–H and O–H groups in total. The second-order valence-electron chi connectivity index (χ2n) is 12.2. The molecule has 7 aromatic rings. The fourth-order valence-corrected chi connectivity index (χ4v) is 6.86. The van der Waals surface area contributed by atoms with Crippen LogP contribution in [0.1, 0.15) is 23.6 Å². The van der Waals surface area contributed by atoms with Crippen LogP contribution in [0.2, 0.25) is 0 Å². The lowest BCUT2D eigenvalue weighted by atomic mass is 9.70. The Morgan fingerprint density at radius 2 is 0.875 bits per heavy atom. The first-order chi connectivity index (χ1) is 23.6. The van der Waals surface area contributed by atoms with Crippen molar-refractivity contribution in [2.24, 2.45) is 0 Å². The van der Waals surface area contributed by atoms with Crippen LogP contribution in [-0.2, 0) is 5.41 Å². The van der Waals surface area contributed by atoms with Crippen LogP contribution in [0.4, 0.5) is 0 Å². The van der Waals surface area contributed by atoms with Crippen LogP contribution >= 0.6 is 25.3 Å². The lowest BCUT2D eigenvalue weighted by Crippen LogP contribution is -2.25. The summed E-state index contributed by atoms with van der Waals surface area (Å²) >= 11 is 8.86. The largest absolute Gasteiger partial charge is 0.492 e. The summed E-state index contributed by atoms with van der Waals surface area (Å²) in [6, 6.07) is 54.3. The summed E-state index contributed by atoms with van der Waals surface area (Å²) in [6.07, 6.45) is 0. The first kappa shape index (κ1) is 31.9. The Kier molecular flexibility index (Phi) is 9.47. The van der Waals surface area contributed by atoms with E-state index in [4.69, 9.17) is 9.47 Å². The first-order valence-electron chi connectivity index (χ1n) is 16.4. The predicted octanol–water partition coefficient (Wildman–Crippen LogP) is 11.3. The molecule has 0 spiro atoms. The van der Waals surface area contributed by atoms with Crippen LogP contribution in [0.3, 0.4) is 0 Å². The third-order valence-electron chi connectivity index (χ3n) is 9.28. The summed E-state index contributed by atoms with van der Waals surface area (Å²) in [5, 5.41) is 4.82. The molecular weight excluding hydrogens is 625 g/mol. The topological polar surface area (TPSA) is 18.5 Å². The van der Waals surface area contributed by atoms with Crippen molar-refractivity contribution in [2.45, 2.75) is 12.3 Å². The molecule has 0 aliphatic carbocycles. The Bertz CT molecular complexity index is 2060. The number of hydrogen-bond donors (Lipinski definition) is 2. The predicted molar refractivity (Wildman–Crippen MR) is 209 cm³/mol. The standard InChI is InChI=1S/C44H38O2S2/c1-44(37-13-3-2-4-14-37,38-19-21-42(45-23-25-47)40(29-38)35-17-15-31-9-5-7-11-33(31)27-35)39-20-22-43(46-24-26-48)41(30-39)36-18-16-32-10-6-8-12-34(32)28-36/h2-22,27-30,47-48H,23-26H2,1H3. The van der Waals surface area contributed by atoms with Crippen molar-refractivity contribution in [3.8, 4) is 33.8 Å². The maximum atomic E-state index is 6.30. The lowest BCUT2D eigenvalue weighted by Gasteiger charge is -2.33. The van der Waals surface area contributed by atoms with E-state index in [1.807, 2.05) is 0 Å². The van der Waals surface area contributed by atoms with Crippen molar-refractivity contribution >= 4 is 46.8 Å². The van der Waals surface area contributed by atoms with E-state index in [1.165, 1.54) is 38.2 Å². The quantitative estimate of drug-likeness (QED) is 0.106. The first-order valence-corrected chi connectivity index (χ1v) is 17.7. The minimum absolute atomic E-state index is 0.497. The Morgan fingerprint density at radius 1 is 0.438 bits per heavy atom. The molecule has 2 nitrogen and oxygen atoms in total. The van der Waals surface area contributed by atoms with Gasteiger partial charge in [-0.15, -0.1) is 0 Å². The second kappa shape index (κ2) is 14.2. The molecule has 0 atom stereocenters. The van der Waals surface area contributed by atoms with E-state index in [0.717, 1.165) is 33.8 Å². The maximum Gasteiger partial charge on any atom is 0.127 e. The zero-order valence-electron chi connectivity index (χ0n) is 27.0. The summed E-state index contributed by atoms with van der Waals surface area (Å²) < 4.78 is 12.6. The van der Waals surface area contributed by atoms with Gasteiger partial charge in [-0.2, -0.15) is 25.3 Å². The van der Waals surface area contributed by atoms with E-state index >= 15 is 0 Å². The van der Waals surface area contributed by atoms with Crippen LogP contribution in [0.25, 0.3) is 43.8 Å². The minimum atomic E-state index is -0.497. The smallest absolute Gasteiger partial charge is 0.127 e. The van der Waals surface area contributed by atoms with Crippen molar-refractivity contribution in [3.63, 3.8) is 0 Å². The van der Waals surface area contributed by atoms with Gasteiger partial charge in [0.1, 0.15) is 11.5 Å². The molecule has 0 radical (unpaired) electrons. The molecule has 0 bridgehead atoms. The van der Waals surface area contributed by atoms with Crippen molar-refractivity contribution in [1.82, 2.24) is 0 Å². The van der Waals surface area contributed by atoms with Crippen LogP contribution in [-0.4, -0.2) is 24.7 Å². The highest BCUT2D eigenvalue weighted by molar-refractivity contribution is 7.80. The van der Waals surface area contributed by atoms with Gasteiger partial charge in [-0.25, -0.2) is 0 Å². The maximum absolute atomic E-state index is 6.30. The monoisotopic (exact) mass is 662 g/mol. The molecule has 0 aliphatic rings. The Balaban J connectivity index is 1.43. The number of thiol groups is 2. The third kappa shape index (κ3) is 6.31. The highest BCUT2D eigenvalue weighted by Gasteiger charge is 2.33. The van der Waals surface area contributed by atoms with Gasteiger partial charge >= 0.3 is 0 Å². The highest BCUT2D eigenvalue weighted by Crippen LogP contribution is 2.45. The van der Waals surface area contributed by atoms with Crippen molar-refractivity contribution in [2.75, 3.05) is 24.7 Å². The van der Waals surface area contributed by atoms with E-state index in [1.54, 1.807) is 0 Å². The second-order valence-corrected chi connectivity index (χ2v) is 13.1. The molecule has 0 amide bonds. The van der Waals surface area contributed by atoms with Crippen molar-refractivity contribution in [1.29, 1.82) is 0 Å².